The molecule has 2 saturated heterocycles. The molecule has 2 atom stereocenters. The topological polar surface area (TPSA) is 79.6 Å². The zero-order chi connectivity index (χ0) is 22.1. The first-order valence-corrected chi connectivity index (χ1v) is 12.5. The van der Waals surface area contributed by atoms with Crippen LogP contribution in [0.1, 0.15) is 62.8 Å². The summed E-state index contributed by atoms with van der Waals surface area (Å²) in [6, 6.07) is 14.4. The summed E-state index contributed by atoms with van der Waals surface area (Å²) >= 11 is 0. The van der Waals surface area contributed by atoms with Gasteiger partial charge in [-0.25, -0.2) is 0 Å². The van der Waals surface area contributed by atoms with Crippen molar-refractivity contribution in [2.45, 2.75) is 81.0 Å². The number of piperidine rings is 1. The van der Waals surface area contributed by atoms with E-state index in [0.717, 1.165) is 51.6 Å². The summed E-state index contributed by atoms with van der Waals surface area (Å²) in [5.41, 5.74) is 1.29. The predicted molar refractivity (Wildman–Crippen MR) is 123 cm³/mol. The molecule has 4 aliphatic rings. The molecule has 0 radical (unpaired) electrons. The number of likely N-dealkylation sites (tertiary alicyclic amines) is 2. The number of benzene rings is 1. The second kappa shape index (κ2) is 9.13. The average Bonchev–Trinajstić information content (AvgIpc) is 3.56. The van der Waals surface area contributed by atoms with Crippen LogP contribution in [0.2, 0.25) is 0 Å². The molecule has 2 N–H and O–H groups in total. The molecule has 2 heterocycles. The molecule has 0 bridgehead atoms. The summed E-state index contributed by atoms with van der Waals surface area (Å²) in [4.78, 5) is 17.4. The number of rotatable bonds is 6. The highest BCUT2D eigenvalue weighted by atomic mass is 16.3. The van der Waals surface area contributed by atoms with Gasteiger partial charge < -0.3 is 15.3 Å². The quantitative estimate of drug-likeness (QED) is 0.717. The van der Waals surface area contributed by atoms with Gasteiger partial charge in [-0.1, -0.05) is 30.3 Å². The van der Waals surface area contributed by atoms with Crippen LogP contribution >= 0.6 is 0 Å². The Hall–Kier alpha value is -1.94. The van der Waals surface area contributed by atoms with Crippen LogP contribution in [0.3, 0.4) is 0 Å². The molecule has 1 aromatic carbocycles. The van der Waals surface area contributed by atoms with E-state index in [1.54, 1.807) is 0 Å². The maximum absolute atomic E-state index is 12.9. The third kappa shape index (κ3) is 4.44. The first-order chi connectivity index (χ1) is 15.6. The van der Waals surface area contributed by atoms with Gasteiger partial charge in [-0.15, -0.1) is 0 Å². The van der Waals surface area contributed by atoms with Crippen LogP contribution in [-0.4, -0.2) is 70.7 Å². The van der Waals surface area contributed by atoms with Gasteiger partial charge in [-0.3, -0.25) is 9.69 Å². The lowest BCUT2D eigenvalue weighted by Crippen LogP contribution is -2.73. The zero-order valence-electron chi connectivity index (χ0n) is 19.0. The second-order valence-corrected chi connectivity index (χ2v) is 10.5. The van der Waals surface area contributed by atoms with Gasteiger partial charge >= 0.3 is 0 Å². The van der Waals surface area contributed by atoms with Crippen molar-refractivity contribution in [1.29, 1.82) is 5.26 Å². The summed E-state index contributed by atoms with van der Waals surface area (Å²) in [5.74, 6) is 0.957. The smallest absolute Gasteiger partial charge is 0.225 e. The van der Waals surface area contributed by atoms with E-state index < -0.39 is 0 Å². The van der Waals surface area contributed by atoms with Crippen LogP contribution < -0.4 is 5.32 Å². The minimum Gasteiger partial charge on any atom is -0.393 e. The molecule has 6 heteroatoms. The summed E-state index contributed by atoms with van der Waals surface area (Å²) < 4.78 is 0. The maximum atomic E-state index is 12.9. The molecular weight excluding hydrogens is 400 g/mol. The lowest BCUT2D eigenvalue weighted by Gasteiger charge is -2.57. The van der Waals surface area contributed by atoms with Gasteiger partial charge in [0.25, 0.3) is 0 Å². The minimum absolute atomic E-state index is 0.0597. The summed E-state index contributed by atoms with van der Waals surface area (Å²) in [7, 11) is 0. The predicted octanol–water partition coefficient (Wildman–Crippen LogP) is 2.64. The fourth-order valence-corrected chi connectivity index (χ4v) is 6.24. The van der Waals surface area contributed by atoms with Crippen LogP contribution in [0.4, 0.5) is 0 Å². The molecule has 32 heavy (non-hydrogen) atoms. The van der Waals surface area contributed by atoms with Gasteiger partial charge in [0, 0.05) is 50.1 Å². The lowest BCUT2D eigenvalue weighted by molar-refractivity contribution is -0.153. The van der Waals surface area contributed by atoms with Gasteiger partial charge in [0.15, 0.2) is 0 Å². The third-order valence-corrected chi connectivity index (χ3v) is 8.37. The Morgan fingerprint density at radius 2 is 1.78 bits per heavy atom. The van der Waals surface area contributed by atoms with E-state index in [9.17, 15) is 15.2 Å². The number of carbonyl (C=O) groups excluding carboxylic acids is 1. The Morgan fingerprint density at radius 1 is 1.09 bits per heavy atom. The summed E-state index contributed by atoms with van der Waals surface area (Å²) in [6.45, 7) is 3.38. The fraction of sp³-hybridized carbons (Fsp3) is 0.692. The van der Waals surface area contributed by atoms with Crippen molar-refractivity contribution in [2.24, 2.45) is 5.92 Å². The molecule has 6 nitrogen and oxygen atoms in total. The summed E-state index contributed by atoms with van der Waals surface area (Å²) in [5, 5.41) is 23.1. The Morgan fingerprint density at radius 3 is 2.44 bits per heavy atom. The van der Waals surface area contributed by atoms with E-state index in [2.05, 4.69) is 46.6 Å². The highest BCUT2D eigenvalue weighted by Gasteiger charge is 2.51. The minimum atomic E-state index is -0.235. The molecule has 0 spiro atoms. The van der Waals surface area contributed by atoms with Crippen molar-refractivity contribution in [3.63, 3.8) is 0 Å². The van der Waals surface area contributed by atoms with E-state index in [-0.39, 0.29) is 23.5 Å². The monoisotopic (exact) mass is 436 g/mol. The van der Waals surface area contributed by atoms with E-state index in [4.69, 9.17) is 0 Å². The first-order valence-electron chi connectivity index (χ1n) is 12.5. The molecule has 172 valence electrons. The standard InChI is InChI=1S/C26H36N4O2/c27-13-12-26(17-29(18-26)25(32)20-6-8-22(31)9-7-20)30-14-10-21(11-15-30)28-24-16-23(24)19-4-2-1-3-5-19/h1-5,20-24,28,31H,6-12,14-18H2/t20-,22-,23?,24-/m1/s1. The molecule has 5 rings (SSSR count). The van der Waals surface area contributed by atoms with Gasteiger partial charge in [-0.05, 0) is 50.5 Å². The third-order valence-electron chi connectivity index (χ3n) is 8.37. The SMILES string of the molecule is N#CCC1(N2CCC(N[C@@H]3CC3c3ccccc3)CC2)CN(C(=O)[C@H]2CC[C@H](O)CC2)C1. The number of nitrogens with one attached hydrogen (secondary N) is 1. The van der Waals surface area contributed by atoms with Crippen molar-refractivity contribution in [2.75, 3.05) is 26.2 Å². The highest BCUT2D eigenvalue weighted by molar-refractivity contribution is 5.80. The van der Waals surface area contributed by atoms with Crippen molar-refractivity contribution in [3.8, 4) is 6.07 Å². The number of amides is 1. The normalized spacial score (nSPS) is 32.7. The van der Waals surface area contributed by atoms with E-state index in [1.807, 2.05) is 4.90 Å². The van der Waals surface area contributed by atoms with Crippen LogP contribution in [0.5, 0.6) is 0 Å². The first kappa shape index (κ1) is 21.9. The molecule has 4 fully saturated rings. The Kier molecular flexibility index (Phi) is 6.24. The van der Waals surface area contributed by atoms with Crippen molar-refractivity contribution in [1.82, 2.24) is 15.1 Å². The van der Waals surface area contributed by atoms with Crippen LogP contribution in [0.15, 0.2) is 30.3 Å². The van der Waals surface area contributed by atoms with Gasteiger partial charge in [-0.2, -0.15) is 5.26 Å². The molecular formula is C26H36N4O2. The highest BCUT2D eigenvalue weighted by Crippen LogP contribution is 2.42. The Balaban J connectivity index is 1.10. The van der Waals surface area contributed by atoms with Gasteiger partial charge in [0.2, 0.25) is 5.91 Å². The lowest BCUT2D eigenvalue weighted by atomic mass is 9.80. The number of nitrogens with zero attached hydrogens (tertiary/aromatic N) is 3. The number of aliphatic hydroxyl groups excluding tert-OH is 1. The molecule has 0 aromatic heterocycles. The summed E-state index contributed by atoms with van der Waals surface area (Å²) in [6.07, 6.45) is 6.78. The molecule has 2 saturated carbocycles. The number of nitriles is 1. The van der Waals surface area contributed by atoms with Gasteiger partial charge in [0.1, 0.15) is 0 Å². The molecule has 1 amide bonds. The number of carbonyl (C=O) groups is 1. The second-order valence-electron chi connectivity index (χ2n) is 10.5. The zero-order valence-corrected chi connectivity index (χ0v) is 19.0. The fourth-order valence-electron chi connectivity index (χ4n) is 6.24. The van der Waals surface area contributed by atoms with Gasteiger partial charge in [0.05, 0.1) is 24.1 Å². The number of hydrogen-bond donors (Lipinski definition) is 2. The Labute approximate surface area is 191 Å². The molecule has 1 aromatic rings. The maximum Gasteiger partial charge on any atom is 0.225 e. The molecule has 1 unspecified atom stereocenters. The molecule has 2 aliphatic carbocycles. The number of hydrogen-bond acceptors (Lipinski definition) is 5. The van der Waals surface area contributed by atoms with Crippen LogP contribution in [0.25, 0.3) is 0 Å². The van der Waals surface area contributed by atoms with Crippen molar-refractivity contribution >= 4 is 5.91 Å². The largest absolute Gasteiger partial charge is 0.393 e. The van der Waals surface area contributed by atoms with Crippen molar-refractivity contribution in [3.05, 3.63) is 35.9 Å². The Bertz CT molecular complexity index is 831. The van der Waals surface area contributed by atoms with Crippen LogP contribution in [-0.2, 0) is 4.79 Å². The van der Waals surface area contributed by atoms with E-state index >= 15 is 0 Å². The average molecular weight is 437 g/mol. The van der Waals surface area contributed by atoms with Crippen LogP contribution in [0, 0.1) is 17.2 Å². The van der Waals surface area contributed by atoms with Crippen molar-refractivity contribution < 1.29 is 9.90 Å². The molecule has 2 aliphatic heterocycles. The van der Waals surface area contributed by atoms with E-state index in [0.29, 0.717) is 37.5 Å². The van der Waals surface area contributed by atoms with E-state index in [1.165, 1.54) is 12.0 Å². The number of aliphatic hydroxyl groups is 1.